The number of hydrogen-bond donors (Lipinski definition) is 0. The number of nitriles is 1. The van der Waals surface area contributed by atoms with Crippen LogP contribution in [-0.2, 0) is 6.42 Å². The molecule has 0 unspecified atom stereocenters. The summed E-state index contributed by atoms with van der Waals surface area (Å²) in [6, 6.07) is 9.97. The van der Waals surface area contributed by atoms with Crippen molar-refractivity contribution >= 4 is 0 Å². The van der Waals surface area contributed by atoms with Crippen LogP contribution in [0.3, 0.4) is 0 Å². The van der Waals surface area contributed by atoms with Crippen molar-refractivity contribution in [1.82, 2.24) is 0 Å². The molecule has 0 saturated heterocycles. The number of hydrogen-bond acceptors (Lipinski definition) is 1. The van der Waals surface area contributed by atoms with Crippen molar-refractivity contribution in [1.29, 1.82) is 5.26 Å². The molecular weight excluding hydrogens is 332 g/mol. The second kappa shape index (κ2) is 4.47. The molecule has 0 amide bonds. The second-order valence-corrected chi connectivity index (χ2v) is 3.68. The van der Waals surface area contributed by atoms with E-state index >= 15 is 0 Å². The third-order valence-electron chi connectivity index (χ3n) is 1.50. The van der Waals surface area contributed by atoms with Crippen molar-refractivity contribution in [3.63, 3.8) is 0 Å². The fraction of sp³-hybridized carbons (Fsp3) is 0.222. The predicted molar refractivity (Wildman–Crippen MR) is 39.7 cm³/mol. The fourth-order valence-electron chi connectivity index (χ4n) is 0.949. The van der Waals surface area contributed by atoms with Gasteiger partial charge in [0, 0.05) is 0 Å². The van der Waals surface area contributed by atoms with E-state index < -0.39 is 0 Å². The average molecular weight is 340 g/mol. The topological polar surface area (TPSA) is 23.8 Å². The normalized spacial score (nSPS) is 9.09. The molecule has 0 spiro atoms. The van der Waals surface area contributed by atoms with E-state index in [1.807, 2.05) is 24.3 Å². The first-order valence-corrected chi connectivity index (χ1v) is 5.50. The van der Waals surface area contributed by atoms with Gasteiger partial charge in [0.15, 0.2) is 0 Å². The zero-order valence-electron chi connectivity index (χ0n) is 6.05. The summed E-state index contributed by atoms with van der Waals surface area (Å²) in [5.74, 6) is 0. The maximum absolute atomic E-state index is 8.70. The van der Waals surface area contributed by atoms with Gasteiger partial charge in [0.25, 0.3) is 0 Å². The van der Waals surface area contributed by atoms with Crippen molar-refractivity contribution in [3.05, 3.63) is 35.4 Å². The second-order valence-electron chi connectivity index (χ2n) is 2.21. The van der Waals surface area contributed by atoms with E-state index in [1.165, 1.54) is 5.56 Å². The zero-order valence-corrected chi connectivity index (χ0v) is 8.99. The minimum absolute atomic E-state index is 0.823. The summed E-state index contributed by atoms with van der Waals surface area (Å²) in [6.45, 7) is 0. The van der Waals surface area contributed by atoms with Crippen LogP contribution in [0, 0.1) is 36.1 Å². The molecule has 0 N–H and O–H groups in total. The monoisotopic (exact) mass is 340 g/mol. The molecule has 1 rings (SSSR count). The molecule has 2 heteroatoms. The SMILES string of the molecule is N#Cc1ccccc1CC[At]. The number of rotatable bonds is 2. The molecule has 1 nitrogen and oxygen atoms in total. The minimum atomic E-state index is 0.823. The van der Waals surface area contributed by atoms with Crippen LogP contribution in [-0.4, -0.2) is 0 Å². The van der Waals surface area contributed by atoms with Gasteiger partial charge in [-0.1, -0.05) is 0 Å². The van der Waals surface area contributed by atoms with E-state index in [4.69, 9.17) is 5.26 Å². The Morgan fingerprint density at radius 2 is 2.09 bits per heavy atom. The standard InChI is InChI=1S/C9H8AtN/c10-6-5-8-3-1-2-4-9(8)7-11/h1-4H,5-6H2. The molecule has 0 aliphatic heterocycles. The molecule has 1 aromatic rings. The summed E-state index contributed by atoms with van der Waals surface area (Å²) in [6.07, 6.45) is 1.03. The van der Waals surface area contributed by atoms with Gasteiger partial charge in [-0.3, -0.25) is 0 Å². The van der Waals surface area contributed by atoms with E-state index in [0.29, 0.717) is 0 Å². The van der Waals surface area contributed by atoms with Crippen molar-refractivity contribution < 1.29 is 24.7 Å². The fourth-order valence-corrected chi connectivity index (χ4v) is 1.74. The molecule has 11 heavy (non-hydrogen) atoms. The number of nitrogens with zero attached hydrogens (tertiary/aromatic N) is 1. The van der Waals surface area contributed by atoms with Crippen LogP contribution in [0.4, 0.5) is 0 Å². The Hall–Kier alpha value is -0.407. The summed E-state index contributed by atoms with van der Waals surface area (Å²) in [5.41, 5.74) is 2.00. The van der Waals surface area contributed by atoms with E-state index in [9.17, 15) is 0 Å². The molecule has 0 atom stereocenters. The quantitative estimate of drug-likeness (QED) is 0.809. The van der Waals surface area contributed by atoms with Gasteiger partial charge in [0.1, 0.15) is 0 Å². The van der Waals surface area contributed by atoms with Gasteiger partial charge in [-0.2, -0.15) is 0 Å². The van der Waals surface area contributed by atoms with E-state index in [0.717, 1.165) is 16.1 Å². The van der Waals surface area contributed by atoms with Gasteiger partial charge >= 0.3 is 82.0 Å². The Bertz CT molecular complexity index is 275. The first-order chi connectivity index (χ1) is 5.38. The summed E-state index contributed by atoms with van der Waals surface area (Å²) >= 11 is 1.76. The Balaban J connectivity index is 2.95. The van der Waals surface area contributed by atoms with Gasteiger partial charge in [0.2, 0.25) is 0 Å². The Morgan fingerprint density at radius 1 is 1.36 bits per heavy atom. The van der Waals surface area contributed by atoms with Crippen LogP contribution in [0.5, 0.6) is 0 Å². The van der Waals surface area contributed by atoms with Crippen LogP contribution >= 0.6 is 0 Å². The molecule has 0 fully saturated rings. The Morgan fingerprint density at radius 3 is 2.73 bits per heavy atom. The van der Waals surface area contributed by atoms with Gasteiger partial charge in [0.05, 0.1) is 0 Å². The molecule has 0 saturated carbocycles. The average Bonchev–Trinajstić information content (AvgIpc) is 2.06. The van der Waals surface area contributed by atoms with E-state index in [1.54, 1.807) is 24.7 Å². The Labute approximate surface area is 81.9 Å². The Kier molecular flexibility index (Phi) is 3.53. The molecule has 0 bridgehead atoms. The summed E-state index contributed by atoms with van der Waals surface area (Å²) < 4.78 is 1.15. The molecular formula is C9H8AtN. The van der Waals surface area contributed by atoms with Crippen LogP contribution in [0.15, 0.2) is 24.3 Å². The van der Waals surface area contributed by atoms with Crippen LogP contribution < -0.4 is 0 Å². The third kappa shape index (κ3) is 2.27. The maximum atomic E-state index is 8.70. The summed E-state index contributed by atoms with van der Waals surface area (Å²) in [5, 5.41) is 8.70. The first kappa shape index (κ1) is 8.69. The van der Waals surface area contributed by atoms with Gasteiger partial charge < -0.3 is 0 Å². The summed E-state index contributed by atoms with van der Waals surface area (Å²) in [7, 11) is 0. The van der Waals surface area contributed by atoms with Crippen LogP contribution in [0.1, 0.15) is 11.1 Å². The molecule has 0 aliphatic carbocycles. The molecule has 56 valence electrons. The van der Waals surface area contributed by atoms with Crippen molar-refractivity contribution in [2.24, 2.45) is 0 Å². The predicted octanol–water partition coefficient (Wildman–Crippen LogP) is 2.07. The third-order valence-corrected chi connectivity index (χ3v) is 2.24. The van der Waals surface area contributed by atoms with E-state index in [-0.39, 0.29) is 0 Å². The molecule has 0 aromatic heterocycles. The molecule has 0 radical (unpaired) electrons. The first-order valence-electron chi connectivity index (χ1n) is 3.42. The molecule has 0 aliphatic rings. The molecule has 1 aromatic carbocycles. The van der Waals surface area contributed by atoms with E-state index in [2.05, 4.69) is 6.07 Å². The van der Waals surface area contributed by atoms with Gasteiger partial charge in [-0.15, -0.1) is 0 Å². The van der Waals surface area contributed by atoms with Crippen molar-refractivity contribution in [2.75, 3.05) is 0 Å². The van der Waals surface area contributed by atoms with Crippen molar-refractivity contribution in [3.8, 4) is 6.07 Å². The number of benzene rings is 1. The van der Waals surface area contributed by atoms with Gasteiger partial charge in [-0.05, 0) is 0 Å². The summed E-state index contributed by atoms with van der Waals surface area (Å²) in [4.78, 5) is 0. The zero-order chi connectivity index (χ0) is 8.10. The van der Waals surface area contributed by atoms with Crippen LogP contribution in [0.2, 0.25) is 4.13 Å². The van der Waals surface area contributed by atoms with Crippen molar-refractivity contribution in [2.45, 2.75) is 10.5 Å². The van der Waals surface area contributed by atoms with Crippen LogP contribution in [0.25, 0.3) is 0 Å². The molecule has 0 heterocycles. The number of aryl methyl sites for hydroxylation is 1. The van der Waals surface area contributed by atoms with Gasteiger partial charge in [-0.25, -0.2) is 0 Å².